The van der Waals surface area contributed by atoms with E-state index in [2.05, 4.69) is 21.7 Å². The van der Waals surface area contributed by atoms with Gasteiger partial charge in [0.1, 0.15) is 12.1 Å². The first-order valence-corrected chi connectivity index (χ1v) is 9.26. The zero-order valence-corrected chi connectivity index (χ0v) is 14.8. The number of aromatic nitrogens is 1. The molecular formula is C22H23FN2O. The summed E-state index contributed by atoms with van der Waals surface area (Å²) in [4.78, 5) is 13.5. The quantitative estimate of drug-likeness (QED) is 0.634. The third-order valence-corrected chi connectivity index (χ3v) is 5.49. The molecule has 0 atom stereocenters. The van der Waals surface area contributed by atoms with E-state index in [0.29, 0.717) is 6.04 Å². The summed E-state index contributed by atoms with van der Waals surface area (Å²) < 4.78 is 16.1. The molecule has 0 aliphatic carbocycles. The minimum absolute atomic E-state index is 0.104. The van der Waals surface area contributed by atoms with Crippen LogP contribution in [0.3, 0.4) is 0 Å². The highest BCUT2D eigenvalue weighted by Crippen LogP contribution is 2.28. The highest BCUT2D eigenvalue weighted by atomic mass is 19.1. The summed E-state index contributed by atoms with van der Waals surface area (Å²) >= 11 is 0. The first kappa shape index (κ1) is 17.0. The van der Waals surface area contributed by atoms with Gasteiger partial charge in [-0.25, -0.2) is 4.39 Å². The molecule has 3 nitrogen and oxygen atoms in total. The predicted octanol–water partition coefficient (Wildman–Crippen LogP) is 4.47. The molecule has 0 N–H and O–H groups in total. The van der Waals surface area contributed by atoms with E-state index in [1.165, 1.54) is 11.5 Å². The lowest BCUT2D eigenvalue weighted by Crippen LogP contribution is -2.35. The van der Waals surface area contributed by atoms with Gasteiger partial charge in [0.25, 0.3) is 0 Å². The first-order valence-electron chi connectivity index (χ1n) is 9.26. The van der Waals surface area contributed by atoms with Crippen molar-refractivity contribution in [2.45, 2.75) is 25.3 Å². The highest BCUT2D eigenvalue weighted by molar-refractivity contribution is 5.87. The number of rotatable bonds is 5. The second kappa shape index (κ2) is 7.42. The summed E-state index contributed by atoms with van der Waals surface area (Å²) in [5.41, 5.74) is 2.66. The number of fused-ring (bicyclic) bond motifs is 1. The molecule has 1 aliphatic heterocycles. The average Bonchev–Trinajstić information content (AvgIpc) is 3.11. The number of likely N-dealkylation sites (tertiary alicyclic amines) is 1. The van der Waals surface area contributed by atoms with E-state index in [1.807, 2.05) is 30.3 Å². The van der Waals surface area contributed by atoms with E-state index in [0.717, 1.165) is 61.8 Å². The molecule has 0 amide bonds. The fourth-order valence-electron chi connectivity index (χ4n) is 3.96. The molecular weight excluding hydrogens is 327 g/mol. The molecule has 1 fully saturated rings. The number of halogens is 1. The number of carbonyl (C=O) groups is 1. The van der Waals surface area contributed by atoms with Crippen molar-refractivity contribution in [2.75, 3.05) is 19.6 Å². The first-order chi connectivity index (χ1) is 12.7. The van der Waals surface area contributed by atoms with Crippen LogP contribution in [-0.4, -0.2) is 35.4 Å². The maximum atomic E-state index is 13.8. The summed E-state index contributed by atoms with van der Waals surface area (Å²) in [7, 11) is 0. The van der Waals surface area contributed by atoms with Gasteiger partial charge in [-0.3, -0.25) is 4.79 Å². The van der Waals surface area contributed by atoms with E-state index in [9.17, 15) is 9.18 Å². The largest absolute Gasteiger partial charge is 0.344 e. The molecule has 1 aliphatic rings. The summed E-state index contributed by atoms with van der Waals surface area (Å²) in [6.07, 6.45) is 5.95. The number of nitrogens with zero attached hydrogens (tertiary/aromatic N) is 2. The molecule has 1 saturated heterocycles. The molecule has 26 heavy (non-hydrogen) atoms. The second-order valence-electron chi connectivity index (χ2n) is 7.07. The Morgan fingerprint density at radius 2 is 1.88 bits per heavy atom. The Hall–Kier alpha value is -2.46. The normalized spacial score (nSPS) is 16.2. The van der Waals surface area contributed by atoms with Crippen LogP contribution in [0.15, 0.2) is 54.7 Å². The Labute approximate surface area is 153 Å². The van der Waals surface area contributed by atoms with Crippen LogP contribution < -0.4 is 0 Å². The molecule has 0 radical (unpaired) electrons. The van der Waals surface area contributed by atoms with Crippen LogP contribution in [0.2, 0.25) is 0 Å². The fraction of sp³-hybridized carbons (Fsp3) is 0.318. The molecule has 134 valence electrons. The summed E-state index contributed by atoms with van der Waals surface area (Å²) in [5.74, 6) is -0.104. The Kier molecular flexibility index (Phi) is 4.85. The smallest absolute Gasteiger partial charge is 0.150 e. The predicted molar refractivity (Wildman–Crippen MR) is 102 cm³/mol. The van der Waals surface area contributed by atoms with Crippen LogP contribution in [0.4, 0.5) is 4.39 Å². The Morgan fingerprint density at radius 3 is 2.65 bits per heavy atom. The molecule has 0 unspecified atom stereocenters. The van der Waals surface area contributed by atoms with Gasteiger partial charge in [0, 0.05) is 43.0 Å². The third-order valence-electron chi connectivity index (χ3n) is 5.49. The number of benzene rings is 2. The minimum atomic E-state index is -0.104. The van der Waals surface area contributed by atoms with Gasteiger partial charge in [-0.1, -0.05) is 30.3 Å². The van der Waals surface area contributed by atoms with Gasteiger partial charge in [-0.2, -0.15) is 0 Å². The molecule has 0 bridgehead atoms. The number of hydrogen-bond acceptors (Lipinski definition) is 2. The van der Waals surface area contributed by atoms with E-state index in [1.54, 1.807) is 6.07 Å². The van der Waals surface area contributed by atoms with Gasteiger partial charge >= 0.3 is 0 Å². The van der Waals surface area contributed by atoms with Gasteiger partial charge in [-0.15, -0.1) is 0 Å². The lowest BCUT2D eigenvalue weighted by molar-refractivity contribution is 0.112. The SMILES string of the molecule is O=Cc1ccc2ccn(C3CCN(CCc4ccccc4F)CC3)c2c1. The van der Waals surface area contributed by atoms with Gasteiger partial charge in [0.15, 0.2) is 0 Å². The number of carbonyl (C=O) groups excluding carboxylic acids is 1. The number of piperidine rings is 1. The van der Waals surface area contributed by atoms with Gasteiger partial charge < -0.3 is 9.47 Å². The van der Waals surface area contributed by atoms with E-state index >= 15 is 0 Å². The number of aldehydes is 1. The number of hydrogen-bond donors (Lipinski definition) is 0. The Bertz CT molecular complexity index is 909. The topological polar surface area (TPSA) is 25.2 Å². The monoisotopic (exact) mass is 350 g/mol. The summed E-state index contributed by atoms with van der Waals surface area (Å²) in [6.45, 7) is 2.94. The molecule has 0 saturated carbocycles. The average molecular weight is 350 g/mol. The van der Waals surface area contributed by atoms with Crippen LogP contribution in [0.1, 0.15) is 34.8 Å². The Morgan fingerprint density at radius 1 is 1.08 bits per heavy atom. The molecule has 3 aromatic rings. The third kappa shape index (κ3) is 3.42. The van der Waals surface area contributed by atoms with Crippen molar-refractivity contribution in [3.63, 3.8) is 0 Å². The van der Waals surface area contributed by atoms with Crippen molar-refractivity contribution in [1.29, 1.82) is 0 Å². The Balaban J connectivity index is 1.39. The van der Waals surface area contributed by atoms with Crippen molar-refractivity contribution in [3.8, 4) is 0 Å². The zero-order chi connectivity index (χ0) is 17.9. The van der Waals surface area contributed by atoms with Gasteiger partial charge in [-0.05, 0) is 48.4 Å². The standard InChI is InChI=1S/C22H23FN2O/c23-21-4-2-1-3-18(21)7-11-24-12-9-20(10-13-24)25-14-8-19-6-5-17(16-26)15-22(19)25/h1-6,8,14-16,20H,7,9-13H2. The van der Waals surface area contributed by atoms with Crippen molar-refractivity contribution < 1.29 is 9.18 Å². The minimum Gasteiger partial charge on any atom is -0.344 e. The van der Waals surface area contributed by atoms with E-state index in [-0.39, 0.29) is 5.82 Å². The molecule has 4 rings (SSSR count). The summed E-state index contributed by atoms with van der Waals surface area (Å²) in [6, 6.07) is 15.5. The lowest BCUT2D eigenvalue weighted by atomic mass is 10.0. The molecule has 2 heterocycles. The van der Waals surface area contributed by atoms with E-state index < -0.39 is 0 Å². The summed E-state index contributed by atoms with van der Waals surface area (Å²) in [5, 5.41) is 1.18. The van der Waals surface area contributed by atoms with Crippen LogP contribution in [0.25, 0.3) is 10.9 Å². The van der Waals surface area contributed by atoms with Crippen molar-refractivity contribution in [2.24, 2.45) is 0 Å². The van der Waals surface area contributed by atoms with Gasteiger partial charge in [0.05, 0.1) is 0 Å². The van der Waals surface area contributed by atoms with Crippen molar-refractivity contribution in [3.05, 3.63) is 71.7 Å². The maximum absolute atomic E-state index is 13.8. The highest BCUT2D eigenvalue weighted by Gasteiger charge is 2.21. The van der Waals surface area contributed by atoms with Gasteiger partial charge in [0.2, 0.25) is 0 Å². The molecule has 4 heteroatoms. The molecule has 2 aromatic carbocycles. The molecule has 1 aromatic heterocycles. The lowest BCUT2D eigenvalue weighted by Gasteiger charge is -2.33. The molecule has 0 spiro atoms. The van der Waals surface area contributed by atoms with Crippen molar-refractivity contribution >= 4 is 17.2 Å². The van der Waals surface area contributed by atoms with Crippen molar-refractivity contribution in [1.82, 2.24) is 9.47 Å². The zero-order valence-electron chi connectivity index (χ0n) is 14.8. The van der Waals surface area contributed by atoms with Crippen LogP contribution in [0, 0.1) is 5.82 Å². The fourth-order valence-corrected chi connectivity index (χ4v) is 3.96. The maximum Gasteiger partial charge on any atom is 0.150 e. The van der Waals surface area contributed by atoms with Crippen LogP contribution >= 0.6 is 0 Å². The van der Waals surface area contributed by atoms with Crippen LogP contribution in [0.5, 0.6) is 0 Å². The van der Waals surface area contributed by atoms with E-state index in [4.69, 9.17) is 0 Å². The second-order valence-corrected chi connectivity index (χ2v) is 7.07. The van der Waals surface area contributed by atoms with Crippen LogP contribution in [-0.2, 0) is 6.42 Å².